The standard InChI is InChI=1S/C24H35NO9/c1-6-20(26)33-18-9-8-16(13-19(18)34-21(27)7-2)17(22(25)23(28)29)12-15(5)32-24(30)31-11-10-14(3)4/h8-9,13-15,17,22H,6-7,10-12,25H2,1-5H3,(H,28,29)/t15?,17?,22-/m0/s1. The first-order valence-electron chi connectivity index (χ1n) is 11.3. The molecule has 0 aliphatic carbocycles. The topological polar surface area (TPSA) is 151 Å². The number of nitrogens with two attached hydrogens (primary N) is 1. The highest BCUT2D eigenvalue weighted by molar-refractivity contribution is 5.77. The normalized spacial score (nSPS) is 13.5. The third-order valence-corrected chi connectivity index (χ3v) is 4.94. The Labute approximate surface area is 199 Å². The molecule has 1 aromatic rings. The van der Waals surface area contributed by atoms with E-state index in [1.165, 1.54) is 18.2 Å². The average molecular weight is 482 g/mol. The van der Waals surface area contributed by atoms with Crippen molar-refractivity contribution in [2.45, 2.75) is 78.4 Å². The number of carbonyl (C=O) groups is 4. The Balaban J connectivity index is 3.14. The van der Waals surface area contributed by atoms with Gasteiger partial charge in [0, 0.05) is 18.8 Å². The van der Waals surface area contributed by atoms with Crippen molar-refractivity contribution in [3.8, 4) is 11.5 Å². The molecule has 0 radical (unpaired) electrons. The Morgan fingerprint density at radius 2 is 1.56 bits per heavy atom. The van der Waals surface area contributed by atoms with Gasteiger partial charge in [0.05, 0.1) is 6.61 Å². The molecule has 10 nitrogen and oxygen atoms in total. The first-order chi connectivity index (χ1) is 16.0. The molecular formula is C24H35NO9. The van der Waals surface area contributed by atoms with Crippen molar-refractivity contribution in [3.05, 3.63) is 23.8 Å². The Hall–Kier alpha value is -3.14. The Morgan fingerprint density at radius 1 is 0.971 bits per heavy atom. The summed E-state index contributed by atoms with van der Waals surface area (Å²) in [5.41, 5.74) is 6.35. The highest BCUT2D eigenvalue weighted by Crippen LogP contribution is 2.35. The van der Waals surface area contributed by atoms with Gasteiger partial charge in [0.25, 0.3) is 0 Å². The van der Waals surface area contributed by atoms with E-state index in [4.69, 9.17) is 24.7 Å². The van der Waals surface area contributed by atoms with Crippen LogP contribution in [-0.2, 0) is 23.9 Å². The molecule has 190 valence electrons. The number of ether oxygens (including phenoxy) is 4. The predicted octanol–water partition coefficient (Wildman–Crippen LogP) is 3.79. The number of carboxylic acid groups (broad SMARTS) is 1. The quantitative estimate of drug-likeness (QED) is 0.314. The van der Waals surface area contributed by atoms with Crippen LogP contribution in [0.1, 0.15) is 71.8 Å². The molecule has 2 unspecified atom stereocenters. The zero-order valence-corrected chi connectivity index (χ0v) is 20.4. The zero-order chi connectivity index (χ0) is 25.8. The van der Waals surface area contributed by atoms with Gasteiger partial charge in [0.2, 0.25) is 0 Å². The first-order valence-corrected chi connectivity index (χ1v) is 11.3. The van der Waals surface area contributed by atoms with Crippen LogP contribution in [-0.4, -0.2) is 47.9 Å². The van der Waals surface area contributed by atoms with E-state index < -0.39 is 42.1 Å². The van der Waals surface area contributed by atoms with Crippen LogP contribution in [0.4, 0.5) is 4.79 Å². The predicted molar refractivity (Wildman–Crippen MR) is 123 cm³/mol. The highest BCUT2D eigenvalue weighted by Gasteiger charge is 2.30. The SMILES string of the molecule is CCC(=O)Oc1ccc(C(CC(C)OC(=O)OCCC(C)C)[C@H](N)C(=O)O)cc1OC(=O)CC. The van der Waals surface area contributed by atoms with Gasteiger partial charge in [-0.25, -0.2) is 4.79 Å². The lowest BCUT2D eigenvalue weighted by Crippen LogP contribution is -2.38. The van der Waals surface area contributed by atoms with Gasteiger partial charge < -0.3 is 29.8 Å². The molecule has 0 saturated carbocycles. The van der Waals surface area contributed by atoms with Crippen LogP contribution in [0.5, 0.6) is 11.5 Å². The van der Waals surface area contributed by atoms with E-state index in [0.29, 0.717) is 17.9 Å². The van der Waals surface area contributed by atoms with Crippen LogP contribution >= 0.6 is 0 Å². The van der Waals surface area contributed by atoms with Gasteiger partial charge in [-0.15, -0.1) is 0 Å². The Bertz CT molecular complexity index is 853. The number of carboxylic acids is 1. The number of hydrogen-bond donors (Lipinski definition) is 2. The summed E-state index contributed by atoms with van der Waals surface area (Å²) in [7, 11) is 0. The Morgan fingerprint density at radius 3 is 2.09 bits per heavy atom. The van der Waals surface area contributed by atoms with E-state index in [9.17, 15) is 24.3 Å². The summed E-state index contributed by atoms with van der Waals surface area (Å²) in [6.45, 7) is 9.02. The molecule has 3 atom stereocenters. The fourth-order valence-corrected chi connectivity index (χ4v) is 2.95. The van der Waals surface area contributed by atoms with Crippen molar-refractivity contribution in [1.29, 1.82) is 0 Å². The van der Waals surface area contributed by atoms with Gasteiger partial charge in [-0.3, -0.25) is 14.4 Å². The monoisotopic (exact) mass is 481 g/mol. The summed E-state index contributed by atoms with van der Waals surface area (Å²) in [6.07, 6.45) is -0.645. The highest BCUT2D eigenvalue weighted by atomic mass is 16.7. The molecule has 0 bridgehead atoms. The minimum Gasteiger partial charge on any atom is -0.480 e. The third kappa shape index (κ3) is 9.78. The van der Waals surface area contributed by atoms with Crippen LogP contribution < -0.4 is 15.2 Å². The molecular weight excluding hydrogens is 446 g/mol. The number of carbonyl (C=O) groups excluding carboxylic acids is 3. The van der Waals surface area contributed by atoms with Crippen LogP contribution in [0.2, 0.25) is 0 Å². The lowest BCUT2D eigenvalue weighted by molar-refractivity contribution is -0.139. The molecule has 1 aromatic carbocycles. The summed E-state index contributed by atoms with van der Waals surface area (Å²) in [5.74, 6) is -2.81. The molecule has 10 heteroatoms. The van der Waals surface area contributed by atoms with Gasteiger partial charge >= 0.3 is 24.1 Å². The summed E-state index contributed by atoms with van der Waals surface area (Å²) >= 11 is 0. The van der Waals surface area contributed by atoms with Gasteiger partial charge in [0.1, 0.15) is 12.1 Å². The van der Waals surface area contributed by atoms with Crippen molar-refractivity contribution in [1.82, 2.24) is 0 Å². The number of hydrogen-bond acceptors (Lipinski definition) is 9. The van der Waals surface area contributed by atoms with Gasteiger partial charge in [0.15, 0.2) is 11.5 Å². The summed E-state index contributed by atoms with van der Waals surface area (Å²) in [4.78, 5) is 47.2. The largest absolute Gasteiger partial charge is 0.508 e. The molecule has 0 spiro atoms. The van der Waals surface area contributed by atoms with Gasteiger partial charge in [-0.1, -0.05) is 33.8 Å². The first kappa shape index (κ1) is 28.9. The maximum absolute atomic E-state index is 11.9. The van der Waals surface area contributed by atoms with Crippen LogP contribution in [0, 0.1) is 5.92 Å². The smallest absolute Gasteiger partial charge is 0.480 e. The van der Waals surface area contributed by atoms with Crippen molar-refractivity contribution >= 4 is 24.1 Å². The molecule has 0 aliphatic rings. The summed E-state index contributed by atoms with van der Waals surface area (Å²) in [6, 6.07) is 3.01. The summed E-state index contributed by atoms with van der Waals surface area (Å²) < 4.78 is 20.8. The van der Waals surface area contributed by atoms with Crippen molar-refractivity contribution in [2.75, 3.05) is 6.61 Å². The number of aliphatic carboxylic acids is 1. The zero-order valence-electron chi connectivity index (χ0n) is 20.4. The average Bonchev–Trinajstić information content (AvgIpc) is 2.77. The van der Waals surface area contributed by atoms with E-state index in [-0.39, 0.29) is 37.4 Å². The van der Waals surface area contributed by atoms with E-state index in [1.54, 1.807) is 20.8 Å². The lowest BCUT2D eigenvalue weighted by atomic mass is 9.87. The second kappa shape index (κ2) is 14.2. The van der Waals surface area contributed by atoms with Crippen molar-refractivity contribution in [2.24, 2.45) is 11.7 Å². The molecule has 34 heavy (non-hydrogen) atoms. The van der Waals surface area contributed by atoms with Gasteiger partial charge in [-0.2, -0.15) is 0 Å². The minimum atomic E-state index is -1.35. The molecule has 0 fully saturated rings. The molecule has 3 N–H and O–H groups in total. The maximum Gasteiger partial charge on any atom is 0.508 e. The van der Waals surface area contributed by atoms with E-state index in [2.05, 4.69) is 0 Å². The number of rotatable bonds is 13. The maximum atomic E-state index is 11.9. The van der Waals surface area contributed by atoms with E-state index in [1.807, 2.05) is 13.8 Å². The molecule has 0 aromatic heterocycles. The Kier molecular flexibility index (Phi) is 12.1. The fourth-order valence-electron chi connectivity index (χ4n) is 2.95. The number of esters is 2. The molecule has 0 heterocycles. The third-order valence-electron chi connectivity index (χ3n) is 4.94. The van der Waals surface area contributed by atoms with E-state index in [0.717, 1.165) is 0 Å². The van der Waals surface area contributed by atoms with E-state index >= 15 is 0 Å². The minimum absolute atomic E-state index is 0.0260. The van der Waals surface area contributed by atoms with Crippen molar-refractivity contribution < 1.29 is 43.2 Å². The van der Waals surface area contributed by atoms with Crippen LogP contribution in [0.15, 0.2) is 18.2 Å². The number of benzene rings is 1. The molecule has 0 amide bonds. The summed E-state index contributed by atoms with van der Waals surface area (Å²) in [5, 5.41) is 9.52. The van der Waals surface area contributed by atoms with Crippen LogP contribution in [0.3, 0.4) is 0 Å². The molecule has 0 saturated heterocycles. The molecule has 1 rings (SSSR count). The lowest BCUT2D eigenvalue weighted by Gasteiger charge is -2.25. The van der Waals surface area contributed by atoms with Crippen LogP contribution in [0.25, 0.3) is 0 Å². The second-order valence-corrected chi connectivity index (χ2v) is 8.28. The fraction of sp³-hybridized carbons (Fsp3) is 0.583. The molecule has 0 aliphatic heterocycles. The van der Waals surface area contributed by atoms with Gasteiger partial charge in [-0.05, 0) is 43.4 Å². The second-order valence-electron chi connectivity index (χ2n) is 8.28. The van der Waals surface area contributed by atoms with Crippen molar-refractivity contribution in [3.63, 3.8) is 0 Å².